The van der Waals surface area contributed by atoms with Crippen LogP contribution in [0, 0.1) is 6.92 Å². The van der Waals surface area contributed by atoms with Crippen molar-refractivity contribution in [1.29, 1.82) is 0 Å². The van der Waals surface area contributed by atoms with Gasteiger partial charge < -0.3 is 15.2 Å². The van der Waals surface area contributed by atoms with E-state index in [9.17, 15) is 18.4 Å². The molecule has 1 aromatic carbocycles. The number of carbonyl (C=O) groups is 2. The van der Waals surface area contributed by atoms with Gasteiger partial charge in [-0.2, -0.15) is 8.78 Å². The van der Waals surface area contributed by atoms with Gasteiger partial charge in [0.1, 0.15) is 5.75 Å². The van der Waals surface area contributed by atoms with Crippen LogP contribution in [0.5, 0.6) is 5.75 Å². The number of ether oxygens (including phenoxy) is 1. The molecule has 10 heteroatoms. The average molecular weight is 368 g/mol. The quantitative estimate of drug-likeness (QED) is 0.657. The van der Waals surface area contributed by atoms with Crippen LogP contribution in [-0.4, -0.2) is 45.1 Å². The first kappa shape index (κ1) is 19.3. The van der Waals surface area contributed by atoms with Crippen LogP contribution in [0.2, 0.25) is 0 Å². The van der Waals surface area contributed by atoms with Crippen molar-refractivity contribution in [3.63, 3.8) is 0 Å². The number of amides is 1. The molecular formula is C16H18F2N4O4. The first-order valence-electron chi connectivity index (χ1n) is 7.86. The van der Waals surface area contributed by atoms with Crippen LogP contribution in [0.3, 0.4) is 0 Å². The molecule has 0 atom stereocenters. The van der Waals surface area contributed by atoms with Gasteiger partial charge in [-0.3, -0.25) is 9.59 Å². The van der Waals surface area contributed by atoms with Crippen LogP contribution in [0.1, 0.15) is 35.4 Å². The van der Waals surface area contributed by atoms with E-state index in [-0.39, 0.29) is 17.9 Å². The van der Waals surface area contributed by atoms with E-state index < -0.39 is 18.5 Å². The molecular weight excluding hydrogens is 350 g/mol. The largest absolute Gasteiger partial charge is 0.481 e. The highest BCUT2D eigenvalue weighted by molar-refractivity contribution is 5.93. The molecule has 0 fully saturated rings. The molecule has 1 aromatic heterocycles. The smallest absolute Gasteiger partial charge is 0.387 e. The van der Waals surface area contributed by atoms with Crippen molar-refractivity contribution in [2.24, 2.45) is 0 Å². The van der Waals surface area contributed by atoms with Gasteiger partial charge in [0, 0.05) is 13.0 Å². The van der Waals surface area contributed by atoms with E-state index in [2.05, 4.69) is 20.4 Å². The van der Waals surface area contributed by atoms with Gasteiger partial charge in [-0.25, -0.2) is 4.68 Å². The van der Waals surface area contributed by atoms with Crippen molar-refractivity contribution in [3.05, 3.63) is 35.7 Å². The molecule has 8 nitrogen and oxygen atoms in total. The molecule has 0 aliphatic heterocycles. The predicted octanol–water partition coefficient (Wildman–Crippen LogP) is 2.16. The summed E-state index contributed by atoms with van der Waals surface area (Å²) in [6.45, 7) is -0.916. The summed E-state index contributed by atoms with van der Waals surface area (Å²) in [5, 5.41) is 19.0. The summed E-state index contributed by atoms with van der Waals surface area (Å²) < 4.78 is 30.0. The van der Waals surface area contributed by atoms with Crippen molar-refractivity contribution in [3.8, 4) is 11.4 Å². The van der Waals surface area contributed by atoms with E-state index in [1.165, 1.54) is 28.9 Å². The Morgan fingerprint density at radius 1 is 1.27 bits per heavy atom. The Hall–Kier alpha value is -3.04. The fourth-order valence-electron chi connectivity index (χ4n) is 2.24. The average Bonchev–Trinajstić information content (AvgIpc) is 2.96. The van der Waals surface area contributed by atoms with Crippen LogP contribution < -0.4 is 10.1 Å². The third kappa shape index (κ3) is 5.23. The molecule has 0 saturated heterocycles. The third-order valence-electron chi connectivity index (χ3n) is 3.52. The zero-order valence-electron chi connectivity index (χ0n) is 14.0. The van der Waals surface area contributed by atoms with Crippen LogP contribution in [0.25, 0.3) is 5.69 Å². The Morgan fingerprint density at radius 3 is 2.58 bits per heavy atom. The standard InChI is InChI=1S/C16H18F2N4O4/c1-10-14(15(25)19-9-3-2-4-13(23)24)20-21-22(10)11-5-7-12(8-6-11)26-16(17)18/h5-8,16H,2-4,9H2,1H3,(H,19,25)(H,23,24). The Bertz CT molecular complexity index is 762. The minimum atomic E-state index is -2.90. The molecule has 1 heterocycles. The van der Waals surface area contributed by atoms with E-state index >= 15 is 0 Å². The number of rotatable bonds is 9. The molecule has 2 rings (SSSR count). The number of aromatic nitrogens is 3. The van der Waals surface area contributed by atoms with Gasteiger partial charge in [0.15, 0.2) is 5.69 Å². The van der Waals surface area contributed by atoms with E-state index in [1.54, 1.807) is 6.92 Å². The highest BCUT2D eigenvalue weighted by Gasteiger charge is 2.17. The van der Waals surface area contributed by atoms with Crippen molar-refractivity contribution in [1.82, 2.24) is 20.3 Å². The summed E-state index contributed by atoms with van der Waals surface area (Å²) >= 11 is 0. The SMILES string of the molecule is Cc1c(C(=O)NCCCCC(=O)O)nnn1-c1ccc(OC(F)F)cc1. The number of unbranched alkanes of at least 4 members (excludes halogenated alkanes) is 1. The first-order valence-corrected chi connectivity index (χ1v) is 7.86. The van der Waals surface area contributed by atoms with Gasteiger partial charge in [0.2, 0.25) is 0 Å². The maximum atomic E-state index is 12.2. The van der Waals surface area contributed by atoms with Gasteiger partial charge in [-0.1, -0.05) is 5.21 Å². The Balaban J connectivity index is 1.98. The number of nitrogens with one attached hydrogen (secondary N) is 1. The van der Waals surface area contributed by atoms with E-state index in [0.29, 0.717) is 30.8 Å². The number of carbonyl (C=O) groups excluding carboxylic acids is 1. The number of aliphatic carboxylic acids is 1. The van der Waals surface area contributed by atoms with Gasteiger partial charge in [0.05, 0.1) is 11.4 Å². The zero-order chi connectivity index (χ0) is 19.1. The maximum Gasteiger partial charge on any atom is 0.387 e. The summed E-state index contributed by atoms with van der Waals surface area (Å²) in [6, 6.07) is 5.77. The molecule has 0 spiro atoms. The van der Waals surface area contributed by atoms with Crippen LogP contribution in [-0.2, 0) is 4.79 Å². The first-order chi connectivity index (χ1) is 12.4. The number of carboxylic acid groups (broad SMARTS) is 1. The Morgan fingerprint density at radius 2 is 1.96 bits per heavy atom. The van der Waals surface area contributed by atoms with Crippen LogP contribution in [0.4, 0.5) is 8.78 Å². The summed E-state index contributed by atoms with van der Waals surface area (Å²) in [5.41, 5.74) is 1.16. The van der Waals surface area contributed by atoms with Crippen molar-refractivity contribution in [2.45, 2.75) is 32.8 Å². The lowest BCUT2D eigenvalue weighted by Crippen LogP contribution is -2.25. The highest BCUT2D eigenvalue weighted by Crippen LogP contribution is 2.18. The summed E-state index contributed by atoms with van der Waals surface area (Å²) in [5.74, 6) is -1.28. The van der Waals surface area contributed by atoms with Crippen molar-refractivity contribution >= 4 is 11.9 Å². The molecule has 0 aliphatic carbocycles. The number of alkyl halides is 2. The summed E-state index contributed by atoms with van der Waals surface area (Å²) in [7, 11) is 0. The molecule has 0 unspecified atom stereocenters. The molecule has 2 aromatic rings. The Kier molecular flexibility index (Phi) is 6.59. The molecule has 140 valence electrons. The fraction of sp³-hybridized carbons (Fsp3) is 0.375. The fourth-order valence-corrected chi connectivity index (χ4v) is 2.24. The lowest BCUT2D eigenvalue weighted by molar-refractivity contribution is -0.137. The molecule has 26 heavy (non-hydrogen) atoms. The zero-order valence-corrected chi connectivity index (χ0v) is 14.0. The lowest BCUT2D eigenvalue weighted by atomic mass is 10.2. The molecule has 2 N–H and O–H groups in total. The minimum absolute atomic E-state index is 0.0147. The second-order valence-electron chi connectivity index (χ2n) is 5.41. The maximum absolute atomic E-state index is 12.2. The number of hydrogen-bond acceptors (Lipinski definition) is 5. The minimum Gasteiger partial charge on any atom is -0.481 e. The van der Waals surface area contributed by atoms with Gasteiger partial charge >= 0.3 is 12.6 Å². The normalized spacial score (nSPS) is 10.8. The van der Waals surface area contributed by atoms with Gasteiger partial charge in [-0.15, -0.1) is 5.10 Å². The third-order valence-corrected chi connectivity index (χ3v) is 3.52. The molecule has 1 amide bonds. The highest BCUT2D eigenvalue weighted by atomic mass is 19.3. The Labute approximate surface area is 147 Å². The van der Waals surface area contributed by atoms with Crippen molar-refractivity contribution in [2.75, 3.05) is 6.54 Å². The summed E-state index contributed by atoms with van der Waals surface area (Å²) in [4.78, 5) is 22.6. The van der Waals surface area contributed by atoms with E-state index in [4.69, 9.17) is 5.11 Å². The van der Waals surface area contributed by atoms with E-state index in [0.717, 1.165) is 0 Å². The van der Waals surface area contributed by atoms with Crippen LogP contribution >= 0.6 is 0 Å². The number of nitrogens with zero attached hydrogens (tertiary/aromatic N) is 3. The lowest BCUT2D eigenvalue weighted by Gasteiger charge is -2.07. The molecule has 0 aliphatic rings. The van der Waals surface area contributed by atoms with Gasteiger partial charge in [0.25, 0.3) is 5.91 Å². The second kappa shape index (κ2) is 8.88. The number of benzene rings is 1. The topological polar surface area (TPSA) is 106 Å². The number of halogens is 2. The van der Waals surface area contributed by atoms with Crippen LogP contribution in [0.15, 0.2) is 24.3 Å². The summed E-state index contributed by atoms with van der Waals surface area (Å²) in [6.07, 6.45) is 1.06. The molecule has 0 saturated carbocycles. The van der Waals surface area contributed by atoms with Crippen molar-refractivity contribution < 1.29 is 28.2 Å². The monoisotopic (exact) mass is 368 g/mol. The molecule has 0 bridgehead atoms. The second-order valence-corrected chi connectivity index (χ2v) is 5.41. The number of carboxylic acids is 1. The van der Waals surface area contributed by atoms with Gasteiger partial charge in [-0.05, 0) is 44.0 Å². The number of hydrogen-bond donors (Lipinski definition) is 2. The predicted molar refractivity (Wildman–Crippen MR) is 86.5 cm³/mol. The molecule has 0 radical (unpaired) electrons. The van der Waals surface area contributed by atoms with E-state index in [1.807, 2.05) is 0 Å².